The summed E-state index contributed by atoms with van der Waals surface area (Å²) >= 11 is 0. The van der Waals surface area contributed by atoms with Gasteiger partial charge in [-0.3, -0.25) is 4.79 Å². The van der Waals surface area contributed by atoms with Gasteiger partial charge in [-0.15, -0.1) is 0 Å². The molecule has 1 unspecified atom stereocenters. The lowest BCUT2D eigenvalue weighted by atomic mass is 10.1. The topological polar surface area (TPSA) is 94.9 Å². The summed E-state index contributed by atoms with van der Waals surface area (Å²) in [5.41, 5.74) is 0.210. The zero-order valence-electron chi connectivity index (χ0n) is 10.4. The summed E-state index contributed by atoms with van der Waals surface area (Å²) in [6.45, 7) is 0. The summed E-state index contributed by atoms with van der Waals surface area (Å²) in [6, 6.07) is 3.44. The molecule has 2 N–H and O–H groups in total. The van der Waals surface area contributed by atoms with Gasteiger partial charge in [0.1, 0.15) is 0 Å². The number of carbonyl (C=O) groups excluding carboxylic acids is 1. The van der Waals surface area contributed by atoms with Crippen LogP contribution in [0.3, 0.4) is 0 Å². The lowest BCUT2D eigenvalue weighted by Crippen LogP contribution is -2.37. The molecule has 1 aliphatic rings. The van der Waals surface area contributed by atoms with Crippen molar-refractivity contribution in [3.05, 3.63) is 23.8 Å². The molecular weight excluding hydrogens is 270 g/mol. The molecule has 0 aliphatic carbocycles. The van der Waals surface area contributed by atoms with Crippen LogP contribution in [0.1, 0.15) is 16.8 Å². The molecule has 1 fully saturated rings. The van der Waals surface area contributed by atoms with Crippen LogP contribution in [0.2, 0.25) is 0 Å². The molecule has 1 aliphatic heterocycles. The van der Waals surface area contributed by atoms with Crippen LogP contribution in [0.25, 0.3) is 0 Å². The predicted octanol–water partition coefficient (Wildman–Crippen LogP) is 0.357. The van der Waals surface area contributed by atoms with Crippen molar-refractivity contribution in [1.82, 2.24) is 4.90 Å². The van der Waals surface area contributed by atoms with Gasteiger partial charge in [-0.2, -0.15) is 0 Å². The van der Waals surface area contributed by atoms with Gasteiger partial charge in [0.15, 0.2) is 21.3 Å². The monoisotopic (exact) mass is 285 g/mol. The minimum Gasteiger partial charge on any atom is -0.504 e. The number of hydrogen-bond acceptors (Lipinski definition) is 5. The van der Waals surface area contributed by atoms with E-state index in [-0.39, 0.29) is 40.5 Å². The SMILES string of the molecule is CN(C(=O)c1ccc(O)c(O)c1)C1CCS(=O)(=O)C1. The molecule has 1 amide bonds. The minimum absolute atomic E-state index is 0.0285. The van der Waals surface area contributed by atoms with E-state index in [4.69, 9.17) is 0 Å². The van der Waals surface area contributed by atoms with Gasteiger partial charge in [0.2, 0.25) is 0 Å². The van der Waals surface area contributed by atoms with Crippen molar-refractivity contribution in [1.29, 1.82) is 0 Å². The van der Waals surface area contributed by atoms with Crippen LogP contribution in [0.5, 0.6) is 11.5 Å². The van der Waals surface area contributed by atoms with Crippen molar-refractivity contribution in [3.63, 3.8) is 0 Å². The highest BCUT2D eigenvalue weighted by Crippen LogP contribution is 2.26. The third-order valence-electron chi connectivity index (χ3n) is 3.30. The Morgan fingerprint density at radius 3 is 2.53 bits per heavy atom. The fraction of sp³-hybridized carbons (Fsp3) is 0.417. The molecule has 0 bridgehead atoms. The standard InChI is InChI=1S/C12H15NO5S/c1-13(9-4-5-19(17,18)7-9)12(16)8-2-3-10(14)11(15)6-8/h2-3,6,9,14-15H,4-5,7H2,1H3. The maximum absolute atomic E-state index is 12.1. The predicted molar refractivity (Wildman–Crippen MR) is 68.9 cm³/mol. The Labute approximate surface area is 111 Å². The van der Waals surface area contributed by atoms with E-state index in [1.165, 1.54) is 24.1 Å². The summed E-state index contributed by atoms with van der Waals surface area (Å²) in [6.07, 6.45) is 0.425. The van der Waals surface area contributed by atoms with E-state index in [1.807, 2.05) is 0 Å². The van der Waals surface area contributed by atoms with Crippen molar-refractivity contribution in [2.45, 2.75) is 12.5 Å². The highest BCUT2D eigenvalue weighted by atomic mass is 32.2. The summed E-state index contributed by atoms with van der Waals surface area (Å²) in [5, 5.41) is 18.6. The largest absolute Gasteiger partial charge is 0.504 e. The van der Waals surface area contributed by atoms with E-state index in [1.54, 1.807) is 0 Å². The third kappa shape index (κ3) is 2.81. The normalized spacial score (nSPS) is 21.2. The molecule has 6 nitrogen and oxygen atoms in total. The van der Waals surface area contributed by atoms with E-state index in [2.05, 4.69) is 0 Å². The Morgan fingerprint density at radius 2 is 2.00 bits per heavy atom. The van der Waals surface area contributed by atoms with E-state index in [0.717, 1.165) is 6.07 Å². The van der Waals surface area contributed by atoms with Gasteiger partial charge in [-0.25, -0.2) is 8.42 Å². The zero-order chi connectivity index (χ0) is 14.2. The molecule has 0 spiro atoms. The van der Waals surface area contributed by atoms with Gasteiger partial charge in [-0.1, -0.05) is 0 Å². The summed E-state index contributed by atoms with van der Waals surface area (Å²) in [5.74, 6) is -0.992. The second-order valence-corrected chi connectivity index (χ2v) is 6.91. The maximum Gasteiger partial charge on any atom is 0.254 e. The van der Waals surface area contributed by atoms with Crippen molar-refractivity contribution in [2.75, 3.05) is 18.6 Å². The molecule has 0 saturated carbocycles. The Hall–Kier alpha value is -1.76. The highest BCUT2D eigenvalue weighted by Gasteiger charge is 2.33. The number of sulfone groups is 1. The molecule has 7 heteroatoms. The van der Waals surface area contributed by atoms with Crippen LogP contribution in [0.15, 0.2) is 18.2 Å². The average molecular weight is 285 g/mol. The zero-order valence-corrected chi connectivity index (χ0v) is 11.2. The van der Waals surface area contributed by atoms with Gasteiger partial charge in [0, 0.05) is 18.7 Å². The molecule has 1 heterocycles. The number of phenols is 2. The lowest BCUT2D eigenvalue weighted by Gasteiger charge is -2.23. The number of carbonyl (C=O) groups is 1. The molecule has 104 valence electrons. The van der Waals surface area contributed by atoms with E-state index in [9.17, 15) is 23.4 Å². The van der Waals surface area contributed by atoms with Crippen molar-refractivity contribution in [3.8, 4) is 11.5 Å². The second kappa shape index (κ2) is 4.73. The fourth-order valence-electron chi connectivity index (χ4n) is 2.11. The van der Waals surface area contributed by atoms with Crippen LogP contribution in [0, 0.1) is 0 Å². The van der Waals surface area contributed by atoms with Crippen LogP contribution in [-0.2, 0) is 9.84 Å². The Balaban J connectivity index is 2.17. The van der Waals surface area contributed by atoms with Gasteiger partial charge >= 0.3 is 0 Å². The van der Waals surface area contributed by atoms with Crippen LogP contribution in [0.4, 0.5) is 0 Å². The van der Waals surface area contributed by atoms with Gasteiger partial charge in [0.25, 0.3) is 5.91 Å². The Bertz CT molecular complexity index is 611. The summed E-state index contributed by atoms with van der Waals surface area (Å²) in [7, 11) is -1.51. The molecule has 1 saturated heterocycles. The molecular formula is C12H15NO5S. The third-order valence-corrected chi connectivity index (χ3v) is 5.05. The quantitative estimate of drug-likeness (QED) is 0.765. The molecule has 1 aromatic carbocycles. The molecule has 19 heavy (non-hydrogen) atoms. The number of rotatable bonds is 2. The van der Waals surface area contributed by atoms with Crippen LogP contribution in [-0.4, -0.2) is 54.0 Å². The maximum atomic E-state index is 12.1. The van der Waals surface area contributed by atoms with Crippen LogP contribution >= 0.6 is 0 Å². The summed E-state index contributed by atoms with van der Waals surface area (Å²) in [4.78, 5) is 13.5. The number of amides is 1. The molecule has 0 aromatic heterocycles. The van der Waals surface area contributed by atoms with Gasteiger partial charge < -0.3 is 15.1 Å². The number of hydrogen-bond donors (Lipinski definition) is 2. The van der Waals surface area contributed by atoms with Crippen molar-refractivity contribution >= 4 is 15.7 Å². The smallest absolute Gasteiger partial charge is 0.254 e. The van der Waals surface area contributed by atoms with E-state index >= 15 is 0 Å². The number of phenolic OH excluding ortho intramolecular Hbond substituents is 2. The minimum atomic E-state index is -3.05. The van der Waals surface area contributed by atoms with Gasteiger partial charge in [-0.05, 0) is 24.6 Å². The van der Waals surface area contributed by atoms with Gasteiger partial charge in [0.05, 0.1) is 11.5 Å². The van der Waals surface area contributed by atoms with E-state index < -0.39 is 9.84 Å². The first kappa shape index (κ1) is 13.7. The molecule has 1 atom stereocenters. The Morgan fingerprint density at radius 1 is 1.32 bits per heavy atom. The lowest BCUT2D eigenvalue weighted by molar-refractivity contribution is 0.0747. The first-order valence-electron chi connectivity index (χ1n) is 5.80. The first-order chi connectivity index (χ1) is 8.80. The van der Waals surface area contributed by atoms with E-state index in [0.29, 0.717) is 6.42 Å². The highest BCUT2D eigenvalue weighted by molar-refractivity contribution is 7.91. The van der Waals surface area contributed by atoms with Crippen molar-refractivity contribution in [2.24, 2.45) is 0 Å². The number of benzene rings is 1. The molecule has 0 radical (unpaired) electrons. The average Bonchev–Trinajstić information content (AvgIpc) is 2.71. The van der Waals surface area contributed by atoms with Crippen molar-refractivity contribution < 1.29 is 23.4 Å². The second-order valence-electron chi connectivity index (χ2n) is 4.68. The van der Waals surface area contributed by atoms with Crippen LogP contribution < -0.4 is 0 Å². The summed E-state index contributed by atoms with van der Waals surface area (Å²) < 4.78 is 22.8. The Kier molecular flexibility index (Phi) is 3.40. The first-order valence-corrected chi connectivity index (χ1v) is 7.62. The molecule has 2 rings (SSSR count). The fourth-order valence-corrected chi connectivity index (χ4v) is 3.88. The number of nitrogens with zero attached hydrogens (tertiary/aromatic N) is 1. The number of aromatic hydroxyl groups is 2. The molecule has 1 aromatic rings.